The number of nitrogens with one attached hydrogen (secondary N) is 1. The number of hydrogen-bond donors (Lipinski definition) is 1. The van der Waals surface area contributed by atoms with Crippen LogP contribution < -0.4 is 5.32 Å². The average Bonchev–Trinajstić information content (AvgIpc) is 3.29. The van der Waals surface area contributed by atoms with Crippen LogP contribution in [0.1, 0.15) is 24.0 Å². The molecule has 1 unspecified atom stereocenters. The molecule has 0 spiro atoms. The Kier molecular flexibility index (Phi) is 6.38. The number of anilines is 1. The number of piperidine rings is 1. The van der Waals surface area contributed by atoms with Crippen LogP contribution in [-0.4, -0.2) is 28.9 Å². The standard InChI is InChI=1S/C23H22F3N3OS/c24-23(25,26)19-5-1-3-16(11-19)12-29-10-2-4-18(13-29)22(30)28-20-8-6-17(7-9-20)21-14-31-15-27-21/h1,3,5-9,11,14-15,18H,2,4,10,12-13H2,(H,28,30). The van der Waals surface area contributed by atoms with Crippen molar-refractivity contribution in [2.24, 2.45) is 5.92 Å². The van der Waals surface area contributed by atoms with E-state index >= 15 is 0 Å². The first kappa shape index (κ1) is 21.5. The third-order valence-corrected chi connectivity index (χ3v) is 6.00. The summed E-state index contributed by atoms with van der Waals surface area (Å²) in [5.41, 5.74) is 4.36. The zero-order valence-corrected chi connectivity index (χ0v) is 17.5. The van der Waals surface area contributed by atoms with Gasteiger partial charge >= 0.3 is 6.18 Å². The van der Waals surface area contributed by atoms with E-state index in [-0.39, 0.29) is 11.8 Å². The van der Waals surface area contributed by atoms with Gasteiger partial charge in [0, 0.05) is 29.7 Å². The Balaban J connectivity index is 1.35. The van der Waals surface area contributed by atoms with Gasteiger partial charge in [-0.05, 0) is 43.1 Å². The van der Waals surface area contributed by atoms with Crippen LogP contribution in [0.5, 0.6) is 0 Å². The Morgan fingerprint density at radius 1 is 1.19 bits per heavy atom. The predicted molar refractivity (Wildman–Crippen MR) is 116 cm³/mol. The minimum Gasteiger partial charge on any atom is -0.326 e. The zero-order chi connectivity index (χ0) is 21.8. The van der Waals surface area contributed by atoms with Gasteiger partial charge < -0.3 is 5.32 Å². The van der Waals surface area contributed by atoms with Gasteiger partial charge in [0.05, 0.1) is 22.7 Å². The van der Waals surface area contributed by atoms with Crippen LogP contribution in [0.2, 0.25) is 0 Å². The van der Waals surface area contributed by atoms with Crippen LogP contribution in [0, 0.1) is 5.92 Å². The molecule has 1 amide bonds. The van der Waals surface area contributed by atoms with E-state index in [1.165, 1.54) is 23.5 Å². The first-order chi connectivity index (χ1) is 14.9. The lowest BCUT2D eigenvalue weighted by Gasteiger charge is -2.32. The maximum absolute atomic E-state index is 13.0. The normalized spacial score (nSPS) is 17.5. The Hall–Kier alpha value is -2.71. The fraction of sp³-hybridized carbons (Fsp3) is 0.304. The molecule has 0 radical (unpaired) electrons. The van der Waals surface area contributed by atoms with Gasteiger partial charge in [-0.25, -0.2) is 4.98 Å². The Labute approximate surface area is 182 Å². The summed E-state index contributed by atoms with van der Waals surface area (Å²) < 4.78 is 38.9. The number of likely N-dealkylation sites (tertiary alicyclic amines) is 1. The van der Waals surface area contributed by atoms with E-state index in [2.05, 4.69) is 15.2 Å². The van der Waals surface area contributed by atoms with Gasteiger partial charge in [-0.2, -0.15) is 13.2 Å². The van der Waals surface area contributed by atoms with E-state index in [0.29, 0.717) is 18.7 Å². The fourth-order valence-corrected chi connectivity index (χ4v) is 4.40. The summed E-state index contributed by atoms with van der Waals surface area (Å²) >= 11 is 1.53. The maximum Gasteiger partial charge on any atom is 0.416 e. The van der Waals surface area contributed by atoms with Crippen LogP contribution in [0.25, 0.3) is 11.3 Å². The fourth-order valence-electron chi connectivity index (χ4n) is 3.84. The molecule has 1 N–H and O–H groups in total. The number of rotatable bonds is 5. The number of thiazole rings is 1. The number of hydrogen-bond acceptors (Lipinski definition) is 4. The van der Waals surface area contributed by atoms with Crippen LogP contribution in [0.4, 0.5) is 18.9 Å². The summed E-state index contributed by atoms with van der Waals surface area (Å²) in [6.07, 6.45) is -2.75. The van der Waals surface area contributed by atoms with Crippen molar-refractivity contribution in [2.75, 3.05) is 18.4 Å². The van der Waals surface area contributed by atoms with Crippen LogP contribution in [-0.2, 0) is 17.5 Å². The van der Waals surface area contributed by atoms with Crippen molar-refractivity contribution in [3.8, 4) is 11.3 Å². The highest BCUT2D eigenvalue weighted by molar-refractivity contribution is 7.07. The molecule has 4 rings (SSSR count). The third-order valence-electron chi connectivity index (χ3n) is 5.42. The monoisotopic (exact) mass is 445 g/mol. The Morgan fingerprint density at radius 2 is 2.00 bits per heavy atom. The number of benzene rings is 2. The largest absolute Gasteiger partial charge is 0.416 e. The molecular formula is C23H22F3N3OS. The third kappa shape index (κ3) is 5.51. The van der Waals surface area contributed by atoms with E-state index in [4.69, 9.17) is 0 Å². The number of alkyl halides is 3. The van der Waals surface area contributed by atoms with Crippen molar-refractivity contribution in [2.45, 2.75) is 25.6 Å². The van der Waals surface area contributed by atoms with E-state index in [0.717, 1.165) is 42.4 Å². The molecular weight excluding hydrogens is 423 g/mol. The lowest BCUT2D eigenvalue weighted by atomic mass is 9.96. The number of amides is 1. The summed E-state index contributed by atoms with van der Waals surface area (Å²) in [5, 5.41) is 4.93. The molecule has 2 heterocycles. The lowest BCUT2D eigenvalue weighted by Crippen LogP contribution is -2.40. The highest BCUT2D eigenvalue weighted by atomic mass is 32.1. The molecule has 1 aliphatic heterocycles. The zero-order valence-electron chi connectivity index (χ0n) is 16.7. The highest BCUT2D eigenvalue weighted by Crippen LogP contribution is 2.30. The molecule has 1 aromatic heterocycles. The van der Waals surface area contributed by atoms with Crippen LogP contribution >= 0.6 is 11.3 Å². The lowest BCUT2D eigenvalue weighted by molar-refractivity contribution is -0.137. The molecule has 31 heavy (non-hydrogen) atoms. The minimum atomic E-state index is -4.35. The Bertz CT molecular complexity index is 1020. The maximum atomic E-state index is 13.0. The molecule has 1 atom stereocenters. The molecule has 0 bridgehead atoms. The molecule has 1 saturated heterocycles. The van der Waals surface area contributed by atoms with Crippen molar-refractivity contribution in [3.63, 3.8) is 0 Å². The summed E-state index contributed by atoms with van der Waals surface area (Å²) in [6.45, 7) is 1.69. The molecule has 8 heteroatoms. The first-order valence-corrected chi connectivity index (χ1v) is 11.0. The van der Waals surface area contributed by atoms with Gasteiger partial charge in [0.15, 0.2) is 0 Å². The van der Waals surface area contributed by atoms with E-state index < -0.39 is 11.7 Å². The van der Waals surface area contributed by atoms with Crippen LogP contribution in [0.15, 0.2) is 59.4 Å². The second-order valence-corrected chi connectivity index (χ2v) is 8.43. The summed E-state index contributed by atoms with van der Waals surface area (Å²) in [7, 11) is 0. The van der Waals surface area contributed by atoms with E-state index in [9.17, 15) is 18.0 Å². The summed E-state index contributed by atoms with van der Waals surface area (Å²) in [4.78, 5) is 19.1. The van der Waals surface area contributed by atoms with Gasteiger partial charge in [-0.15, -0.1) is 11.3 Å². The topological polar surface area (TPSA) is 45.2 Å². The van der Waals surface area contributed by atoms with Crippen molar-refractivity contribution >= 4 is 22.9 Å². The first-order valence-electron chi connectivity index (χ1n) is 10.1. The quantitative estimate of drug-likeness (QED) is 0.550. The number of halogens is 3. The molecule has 2 aromatic carbocycles. The van der Waals surface area contributed by atoms with Gasteiger partial charge in [0.25, 0.3) is 0 Å². The molecule has 0 saturated carbocycles. The molecule has 3 aromatic rings. The second-order valence-electron chi connectivity index (χ2n) is 7.71. The molecule has 1 aliphatic rings. The van der Waals surface area contributed by atoms with Crippen molar-refractivity contribution in [1.29, 1.82) is 0 Å². The molecule has 162 valence electrons. The molecule has 0 aliphatic carbocycles. The highest BCUT2D eigenvalue weighted by Gasteiger charge is 2.31. The van der Waals surface area contributed by atoms with E-state index in [1.807, 2.05) is 29.6 Å². The second kappa shape index (κ2) is 9.20. The summed E-state index contributed by atoms with van der Waals surface area (Å²) in [5.74, 6) is -0.257. The van der Waals surface area contributed by atoms with Crippen LogP contribution in [0.3, 0.4) is 0 Å². The minimum absolute atomic E-state index is 0.0600. The average molecular weight is 446 g/mol. The van der Waals surface area contributed by atoms with Crippen molar-refractivity contribution in [3.05, 3.63) is 70.5 Å². The SMILES string of the molecule is O=C(Nc1ccc(-c2cscn2)cc1)C1CCCN(Cc2cccc(C(F)(F)F)c2)C1. The summed E-state index contributed by atoms with van der Waals surface area (Å²) in [6, 6.07) is 13.0. The number of aromatic nitrogens is 1. The number of nitrogens with zero attached hydrogens (tertiary/aromatic N) is 2. The van der Waals surface area contributed by atoms with Gasteiger partial charge in [-0.1, -0.05) is 30.3 Å². The molecule has 1 fully saturated rings. The predicted octanol–water partition coefficient (Wildman–Crippen LogP) is 5.68. The molecule has 4 nitrogen and oxygen atoms in total. The number of carbonyl (C=O) groups is 1. The van der Waals surface area contributed by atoms with E-state index in [1.54, 1.807) is 11.6 Å². The van der Waals surface area contributed by atoms with Gasteiger partial charge in [0.1, 0.15) is 0 Å². The van der Waals surface area contributed by atoms with Gasteiger partial charge in [-0.3, -0.25) is 9.69 Å². The van der Waals surface area contributed by atoms with Crippen molar-refractivity contribution < 1.29 is 18.0 Å². The van der Waals surface area contributed by atoms with Gasteiger partial charge in [0.2, 0.25) is 5.91 Å². The Morgan fingerprint density at radius 3 is 2.71 bits per heavy atom. The number of carbonyl (C=O) groups excluding carboxylic acids is 1. The van der Waals surface area contributed by atoms with Crippen molar-refractivity contribution in [1.82, 2.24) is 9.88 Å². The smallest absolute Gasteiger partial charge is 0.326 e.